The van der Waals surface area contributed by atoms with Crippen LogP contribution in [0.5, 0.6) is 0 Å². The summed E-state index contributed by atoms with van der Waals surface area (Å²) >= 11 is 0. The summed E-state index contributed by atoms with van der Waals surface area (Å²) in [6, 6.07) is 14.8. The van der Waals surface area contributed by atoms with Gasteiger partial charge in [0.1, 0.15) is 18.2 Å². The number of fused-ring (bicyclic) bond motifs is 3. The van der Waals surface area contributed by atoms with Gasteiger partial charge in [-0.25, -0.2) is 19.2 Å². The molecule has 0 aromatic heterocycles. The number of cyclic esters (lactones) is 2. The van der Waals surface area contributed by atoms with Gasteiger partial charge in [0, 0.05) is 12.5 Å². The van der Waals surface area contributed by atoms with Gasteiger partial charge in [-0.15, -0.1) is 0 Å². The summed E-state index contributed by atoms with van der Waals surface area (Å²) in [5, 5.41) is 2.64. The Labute approximate surface area is 209 Å². The number of unbranched alkanes of at least 4 members (excludes halogenated alkanes) is 1. The Bertz CT molecular complexity index is 1130. The van der Waals surface area contributed by atoms with E-state index in [9.17, 15) is 19.2 Å². The van der Waals surface area contributed by atoms with Crippen LogP contribution in [0.1, 0.15) is 57.1 Å². The average Bonchev–Trinajstić information content (AvgIpc) is 3.29. The topological polar surface area (TPSA) is 111 Å². The fourth-order valence-corrected chi connectivity index (χ4v) is 4.52. The summed E-state index contributed by atoms with van der Waals surface area (Å²) in [4.78, 5) is 49.8. The second-order valence-electron chi connectivity index (χ2n) is 9.80. The molecule has 0 unspecified atom stereocenters. The van der Waals surface area contributed by atoms with Crippen LogP contribution in [-0.4, -0.2) is 53.9 Å². The molecule has 36 heavy (non-hydrogen) atoms. The van der Waals surface area contributed by atoms with E-state index in [0.29, 0.717) is 19.4 Å². The monoisotopic (exact) mass is 494 g/mol. The number of esters is 1. The average molecular weight is 495 g/mol. The molecule has 1 atom stereocenters. The second kappa shape index (κ2) is 10.4. The molecule has 0 saturated carbocycles. The van der Waals surface area contributed by atoms with Gasteiger partial charge in [0.15, 0.2) is 0 Å². The van der Waals surface area contributed by atoms with E-state index in [1.807, 2.05) is 48.5 Å². The minimum absolute atomic E-state index is 0.0252. The molecular formula is C27H30N2O7. The van der Waals surface area contributed by atoms with Crippen molar-refractivity contribution in [1.82, 2.24) is 10.2 Å². The Balaban J connectivity index is 1.32. The normalized spacial score (nSPS) is 16.9. The number of imide groups is 1. The first-order valence-electron chi connectivity index (χ1n) is 12.0. The van der Waals surface area contributed by atoms with Crippen molar-refractivity contribution in [3.63, 3.8) is 0 Å². The fraction of sp³-hybridized carbons (Fsp3) is 0.407. The number of benzene rings is 2. The van der Waals surface area contributed by atoms with E-state index in [-0.39, 0.29) is 18.9 Å². The van der Waals surface area contributed by atoms with E-state index in [0.717, 1.165) is 27.2 Å². The maximum Gasteiger partial charge on any atom is 0.427 e. The van der Waals surface area contributed by atoms with Crippen LogP contribution in [0.25, 0.3) is 11.1 Å². The third-order valence-electron chi connectivity index (χ3n) is 6.07. The third kappa shape index (κ3) is 5.50. The summed E-state index contributed by atoms with van der Waals surface area (Å²) < 4.78 is 15.4. The zero-order valence-electron chi connectivity index (χ0n) is 20.6. The van der Waals surface area contributed by atoms with Crippen molar-refractivity contribution in [2.24, 2.45) is 0 Å². The molecule has 4 rings (SSSR count). The van der Waals surface area contributed by atoms with Crippen molar-refractivity contribution in [1.29, 1.82) is 0 Å². The Morgan fingerprint density at radius 1 is 0.972 bits per heavy atom. The highest BCUT2D eigenvalue weighted by atomic mass is 16.6. The maximum atomic E-state index is 12.9. The zero-order valence-corrected chi connectivity index (χ0v) is 20.6. The largest absolute Gasteiger partial charge is 0.448 e. The van der Waals surface area contributed by atoms with Crippen LogP contribution in [0.2, 0.25) is 0 Å². The Morgan fingerprint density at radius 3 is 2.19 bits per heavy atom. The molecule has 190 valence electrons. The Kier molecular flexibility index (Phi) is 7.28. The predicted octanol–water partition coefficient (Wildman–Crippen LogP) is 4.98. The van der Waals surface area contributed by atoms with Gasteiger partial charge in [-0.05, 0) is 62.3 Å². The summed E-state index contributed by atoms with van der Waals surface area (Å²) in [6.07, 6.45) is -1.28. The number of carbonyl (C=O) groups excluding carboxylic acids is 4. The summed E-state index contributed by atoms with van der Waals surface area (Å²) in [7, 11) is 0. The van der Waals surface area contributed by atoms with Crippen LogP contribution in [0.3, 0.4) is 0 Å². The molecule has 1 saturated heterocycles. The van der Waals surface area contributed by atoms with E-state index in [1.165, 1.54) is 0 Å². The number of alkyl carbamates (subject to hydrolysis) is 1. The molecule has 9 nitrogen and oxygen atoms in total. The molecule has 1 N–H and O–H groups in total. The van der Waals surface area contributed by atoms with Crippen molar-refractivity contribution in [2.45, 2.75) is 57.6 Å². The molecule has 9 heteroatoms. The molecule has 0 radical (unpaired) electrons. The minimum atomic E-state index is -1.06. The molecule has 2 aliphatic rings. The first-order chi connectivity index (χ1) is 17.2. The molecule has 1 aliphatic heterocycles. The Hall–Kier alpha value is -3.88. The molecule has 1 aliphatic carbocycles. The smallest absolute Gasteiger partial charge is 0.427 e. The maximum absolute atomic E-state index is 12.9. The molecule has 3 amide bonds. The van der Waals surface area contributed by atoms with Gasteiger partial charge in [0.05, 0.1) is 0 Å². The van der Waals surface area contributed by atoms with Gasteiger partial charge < -0.3 is 19.5 Å². The van der Waals surface area contributed by atoms with Crippen LogP contribution in [0.4, 0.5) is 14.4 Å². The number of hydrogen-bond acceptors (Lipinski definition) is 7. The summed E-state index contributed by atoms with van der Waals surface area (Å²) in [5.74, 6) is -0.957. The van der Waals surface area contributed by atoms with Crippen LogP contribution < -0.4 is 5.32 Å². The molecule has 1 heterocycles. The van der Waals surface area contributed by atoms with Crippen LogP contribution in [0, 0.1) is 0 Å². The van der Waals surface area contributed by atoms with E-state index in [2.05, 4.69) is 5.32 Å². The van der Waals surface area contributed by atoms with Crippen molar-refractivity contribution in [3.8, 4) is 11.1 Å². The van der Waals surface area contributed by atoms with Crippen LogP contribution in [-0.2, 0) is 19.0 Å². The highest BCUT2D eigenvalue weighted by Crippen LogP contribution is 2.44. The first-order valence-corrected chi connectivity index (χ1v) is 12.0. The standard InChI is InChI=1S/C27H30N2O7/c1-27(2,3)36-24(31)28-15-9-8-14-22-23(30)35-26(33)29(22)25(32)34-16-21-19-12-6-4-10-17(19)18-11-5-7-13-20(18)21/h4-7,10-13,21-22H,8-9,14-16H2,1-3H3,(H,28,31)/t22-/m1/s1. The van der Waals surface area contributed by atoms with Gasteiger partial charge in [0.25, 0.3) is 0 Å². The number of rotatable bonds is 7. The lowest BCUT2D eigenvalue weighted by Crippen LogP contribution is -2.41. The molecule has 1 fully saturated rings. The van der Waals surface area contributed by atoms with Gasteiger partial charge in [0.2, 0.25) is 0 Å². The first kappa shape index (κ1) is 25.2. The Morgan fingerprint density at radius 2 is 1.58 bits per heavy atom. The van der Waals surface area contributed by atoms with E-state index >= 15 is 0 Å². The lowest BCUT2D eigenvalue weighted by Gasteiger charge is -2.20. The van der Waals surface area contributed by atoms with Gasteiger partial charge in [-0.1, -0.05) is 48.5 Å². The highest BCUT2D eigenvalue weighted by molar-refractivity contribution is 6.03. The van der Waals surface area contributed by atoms with Crippen LogP contribution in [0.15, 0.2) is 48.5 Å². The van der Waals surface area contributed by atoms with Crippen LogP contribution >= 0.6 is 0 Å². The quantitative estimate of drug-likeness (QED) is 0.250. The van der Waals surface area contributed by atoms with Crippen molar-refractivity contribution in [2.75, 3.05) is 13.2 Å². The van der Waals surface area contributed by atoms with Gasteiger partial charge in [-0.2, -0.15) is 4.90 Å². The summed E-state index contributed by atoms with van der Waals surface area (Å²) in [5.41, 5.74) is 3.66. The molecular weight excluding hydrogens is 464 g/mol. The van der Waals surface area contributed by atoms with E-state index < -0.39 is 35.9 Å². The van der Waals surface area contributed by atoms with Crippen molar-refractivity contribution < 1.29 is 33.4 Å². The third-order valence-corrected chi connectivity index (χ3v) is 6.07. The predicted molar refractivity (Wildman–Crippen MR) is 130 cm³/mol. The number of amides is 3. The number of nitrogens with one attached hydrogen (secondary N) is 1. The number of nitrogens with zero attached hydrogens (tertiary/aromatic N) is 1. The van der Waals surface area contributed by atoms with E-state index in [1.54, 1.807) is 20.8 Å². The molecule has 0 bridgehead atoms. The number of carbonyl (C=O) groups is 4. The zero-order chi connectivity index (χ0) is 25.9. The van der Waals surface area contributed by atoms with Crippen molar-refractivity contribution in [3.05, 3.63) is 59.7 Å². The van der Waals surface area contributed by atoms with Gasteiger partial charge in [-0.3, -0.25) is 0 Å². The molecule has 2 aromatic carbocycles. The summed E-state index contributed by atoms with van der Waals surface area (Å²) in [6.45, 7) is 5.67. The molecule has 0 spiro atoms. The number of hydrogen-bond donors (Lipinski definition) is 1. The SMILES string of the molecule is CC(C)(C)OC(=O)NCCCC[C@@H]1C(=O)OC(=O)N1C(=O)OCC1c2ccccc2-c2ccccc21. The minimum Gasteiger partial charge on any atom is -0.448 e. The second-order valence-corrected chi connectivity index (χ2v) is 9.80. The number of ether oxygens (including phenoxy) is 3. The van der Waals surface area contributed by atoms with Crippen molar-refractivity contribution >= 4 is 24.2 Å². The van der Waals surface area contributed by atoms with E-state index in [4.69, 9.17) is 14.2 Å². The van der Waals surface area contributed by atoms with Gasteiger partial charge >= 0.3 is 24.2 Å². The highest BCUT2D eigenvalue weighted by Gasteiger charge is 2.46. The lowest BCUT2D eigenvalue weighted by atomic mass is 9.98. The molecule has 2 aromatic rings. The fourth-order valence-electron chi connectivity index (χ4n) is 4.52. The lowest BCUT2D eigenvalue weighted by molar-refractivity contribution is -0.136.